The van der Waals surface area contributed by atoms with Crippen molar-refractivity contribution in [3.05, 3.63) is 71.8 Å². The molecule has 1 atom stereocenters. The molecule has 0 saturated carbocycles. The lowest BCUT2D eigenvalue weighted by molar-refractivity contribution is -0.122. The molecule has 0 aliphatic rings. The number of aromatic hydroxyl groups is 1. The highest BCUT2D eigenvalue weighted by atomic mass is 16.5. The van der Waals surface area contributed by atoms with Gasteiger partial charge in [0.05, 0.1) is 18.7 Å². The average molecular weight is 362 g/mol. The number of nitrogens with zero attached hydrogens (tertiary/aromatic N) is 1. The van der Waals surface area contributed by atoms with E-state index in [9.17, 15) is 9.90 Å². The Balaban J connectivity index is 1.73. The molecule has 0 aliphatic carbocycles. The Morgan fingerprint density at radius 1 is 1.04 bits per heavy atom. The summed E-state index contributed by atoms with van der Waals surface area (Å²) in [5.74, 6) is 0.479. The van der Waals surface area contributed by atoms with E-state index in [1.807, 2.05) is 43.3 Å². The number of phenols is 1. The second-order valence-electron chi connectivity index (χ2n) is 6.41. The lowest BCUT2D eigenvalue weighted by Gasteiger charge is -2.12. The Bertz CT molecular complexity index is 994. The van der Waals surface area contributed by atoms with E-state index < -0.39 is 0 Å². The fourth-order valence-corrected chi connectivity index (χ4v) is 2.79. The van der Waals surface area contributed by atoms with Gasteiger partial charge in [0.25, 0.3) is 0 Å². The number of benzene rings is 3. The number of carbonyl (C=O) groups excluding carboxylic acids is 1. The van der Waals surface area contributed by atoms with Gasteiger partial charge in [-0.1, -0.05) is 24.3 Å². The highest BCUT2D eigenvalue weighted by Crippen LogP contribution is 2.25. The highest BCUT2D eigenvalue weighted by molar-refractivity contribution is 5.99. The number of hydrogen-bond acceptors (Lipinski definition) is 4. The minimum absolute atomic E-state index is 0.180. The second-order valence-corrected chi connectivity index (χ2v) is 6.41. The smallest absolute Gasteiger partial charge is 0.247 e. The Morgan fingerprint density at radius 3 is 2.41 bits per heavy atom. The van der Waals surface area contributed by atoms with Crippen LogP contribution in [0.4, 0.5) is 0 Å². The number of carbonyl (C=O) groups is 1. The molecular weight excluding hydrogens is 340 g/mol. The van der Waals surface area contributed by atoms with Gasteiger partial charge in [0, 0.05) is 0 Å². The Morgan fingerprint density at radius 2 is 1.70 bits per heavy atom. The first kappa shape index (κ1) is 18.5. The van der Waals surface area contributed by atoms with Crippen LogP contribution in [-0.4, -0.2) is 23.8 Å². The zero-order chi connectivity index (χ0) is 19.4. The molecule has 27 heavy (non-hydrogen) atoms. The van der Waals surface area contributed by atoms with Gasteiger partial charge in [-0.05, 0) is 72.1 Å². The molecule has 138 valence electrons. The largest absolute Gasteiger partial charge is 0.508 e. The van der Waals surface area contributed by atoms with Crippen molar-refractivity contribution < 1.29 is 14.6 Å². The molecule has 1 amide bonds. The molecule has 0 aromatic heterocycles. The molecule has 2 N–H and O–H groups in total. The van der Waals surface area contributed by atoms with Gasteiger partial charge in [-0.2, -0.15) is 5.10 Å². The first-order chi connectivity index (χ1) is 13.0. The van der Waals surface area contributed by atoms with Gasteiger partial charge in [0.15, 0.2) is 0 Å². The second kappa shape index (κ2) is 7.91. The number of phenolic OH excluding ortho intramolecular Hbond substituents is 1. The Labute approximate surface area is 158 Å². The summed E-state index contributed by atoms with van der Waals surface area (Å²) in [7, 11) is 1.64. The standard InChI is InChI=1S/C22H22N2O3/c1-14(17-4-5-19-13-21(27-3)11-8-18(19)12-17)22(26)24-23-15(2)16-6-9-20(25)10-7-16/h4-14,25H,1-3H3,(H,24,26). The van der Waals surface area contributed by atoms with Crippen LogP contribution in [0.2, 0.25) is 0 Å². The molecular formula is C22H22N2O3. The highest BCUT2D eigenvalue weighted by Gasteiger charge is 2.15. The van der Waals surface area contributed by atoms with Crippen molar-refractivity contribution in [1.82, 2.24) is 5.43 Å². The number of hydrogen-bond donors (Lipinski definition) is 2. The van der Waals surface area contributed by atoms with E-state index in [0.717, 1.165) is 27.6 Å². The molecule has 5 heteroatoms. The van der Waals surface area contributed by atoms with Crippen molar-refractivity contribution in [2.24, 2.45) is 5.10 Å². The SMILES string of the molecule is COc1ccc2cc(C(C)C(=O)NN=C(C)c3ccc(O)cc3)ccc2c1. The lowest BCUT2D eigenvalue weighted by Crippen LogP contribution is -2.24. The maximum Gasteiger partial charge on any atom is 0.247 e. The molecule has 3 rings (SSSR count). The summed E-state index contributed by atoms with van der Waals surface area (Å²) in [5.41, 5.74) is 5.05. The maximum atomic E-state index is 12.5. The minimum Gasteiger partial charge on any atom is -0.508 e. The van der Waals surface area contributed by atoms with Crippen LogP contribution < -0.4 is 10.2 Å². The van der Waals surface area contributed by atoms with Crippen molar-refractivity contribution in [2.45, 2.75) is 19.8 Å². The number of hydrazone groups is 1. The third-order valence-corrected chi connectivity index (χ3v) is 4.58. The summed E-state index contributed by atoms with van der Waals surface area (Å²) in [5, 5.41) is 15.6. The van der Waals surface area contributed by atoms with Gasteiger partial charge >= 0.3 is 0 Å². The Kier molecular flexibility index (Phi) is 5.41. The number of fused-ring (bicyclic) bond motifs is 1. The first-order valence-electron chi connectivity index (χ1n) is 8.69. The average Bonchev–Trinajstić information content (AvgIpc) is 2.70. The van der Waals surface area contributed by atoms with Gasteiger partial charge in [-0.15, -0.1) is 0 Å². The summed E-state index contributed by atoms with van der Waals surface area (Å²) >= 11 is 0. The number of rotatable bonds is 5. The number of methoxy groups -OCH3 is 1. The third-order valence-electron chi connectivity index (χ3n) is 4.58. The summed E-state index contributed by atoms with van der Waals surface area (Å²) in [6, 6.07) is 18.5. The van der Waals surface area contributed by atoms with E-state index >= 15 is 0 Å². The fourth-order valence-electron chi connectivity index (χ4n) is 2.79. The van der Waals surface area contributed by atoms with Crippen LogP contribution >= 0.6 is 0 Å². The molecule has 5 nitrogen and oxygen atoms in total. The first-order valence-corrected chi connectivity index (χ1v) is 8.69. The minimum atomic E-state index is -0.340. The monoisotopic (exact) mass is 362 g/mol. The lowest BCUT2D eigenvalue weighted by atomic mass is 9.97. The van der Waals surface area contributed by atoms with E-state index in [4.69, 9.17) is 4.74 Å². The number of amides is 1. The normalized spacial score (nSPS) is 12.6. The molecule has 3 aromatic carbocycles. The van der Waals surface area contributed by atoms with Crippen molar-refractivity contribution >= 4 is 22.4 Å². The molecule has 0 aliphatic heterocycles. The summed E-state index contributed by atoms with van der Waals surface area (Å²) in [6.45, 7) is 3.66. The van der Waals surface area contributed by atoms with Crippen LogP contribution in [0.5, 0.6) is 11.5 Å². The quantitative estimate of drug-likeness (QED) is 0.528. The van der Waals surface area contributed by atoms with Crippen molar-refractivity contribution in [3.63, 3.8) is 0 Å². The molecule has 0 fully saturated rings. The third kappa shape index (κ3) is 4.26. The van der Waals surface area contributed by atoms with Gasteiger partial charge < -0.3 is 9.84 Å². The van der Waals surface area contributed by atoms with Crippen LogP contribution in [0.15, 0.2) is 65.8 Å². The predicted molar refractivity (Wildman–Crippen MR) is 107 cm³/mol. The van der Waals surface area contributed by atoms with Crippen LogP contribution in [0.3, 0.4) is 0 Å². The van der Waals surface area contributed by atoms with Gasteiger partial charge in [-0.25, -0.2) is 5.43 Å². The zero-order valence-corrected chi connectivity index (χ0v) is 15.6. The van der Waals surface area contributed by atoms with Gasteiger partial charge in [0.1, 0.15) is 11.5 Å². The van der Waals surface area contributed by atoms with Gasteiger partial charge in [-0.3, -0.25) is 4.79 Å². The molecule has 0 spiro atoms. The van der Waals surface area contributed by atoms with Crippen LogP contribution in [0, 0.1) is 0 Å². The number of nitrogens with one attached hydrogen (secondary N) is 1. The molecule has 3 aromatic rings. The fraction of sp³-hybridized carbons (Fsp3) is 0.182. The topological polar surface area (TPSA) is 70.9 Å². The molecule has 0 saturated heterocycles. The van der Waals surface area contributed by atoms with E-state index in [1.165, 1.54) is 0 Å². The van der Waals surface area contributed by atoms with Crippen LogP contribution in [-0.2, 0) is 4.79 Å². The van der Waals surface area contributed by atoms with E-state index in [1.54, 1.807) is 38.3 Å². The van der Waals surface area contributed by atoms with E-state index in [0.29, 0.717) is 5.71 Å². The molecule has 1 unspecified atom stereocenters. The Hall–Kier alpha value is -3.34. The molecule has 0 radical (unpaired) electrons. The predicted octanol–water partition coefficient (Wildman–Crippen LogP) is 4.20. The van der Waals surface area contributed by atoms with Crippen molar-refractivity contribution in [2.75, 3.05) is 7.11 Å². The van der Waals surface area contributed by atoms with Crippen molar-refractivity contribution in [1.29, 1.82) is 0 Å². The molecule has 0 bridgehead atoms. The van der Waals surface area contributed by atoms with Gasteiger partial charge in [0.2, 0.25) is 5.91 Å². The molecule has 0 heterocycles. The number of ether oxygens (including phenoxy) is 1. The van der Waals surface area contributed by atoms with E-state index in [2.05, 4.69) is 10.5 Å². The zero-order valence-electron chi connectivity index (χ0n) is 15.6. The summed E-state index contributed by atoms with van der Waals surface area (Å²) < 4.78 is 5.24. The van der Waals surface area contributed by atoms with E-state index in [-0.39, 0.29) is 17.6 Å². The summed E-state index contributed by atoms with van der Waals surface area (Å²) in [6.07, 6.45) is 0. The maximum absolute atomic E-state index is 12.5. The van der Waals surface area contributed by atoms with Crippen LogP contribution in [0.25, 0.3) is 10.8 Å². The summed E-state index contributed by atoms with van der Waals surface area (Å²) in [4.78, 5) is 12.5. The van der Waals surface area contributed by atoms with Crippen molar-refractivity contribution in [3.8, 4) is 11.5 Å². The van der Waals surface area contributed by atoms with Crippen LogP contribution in [0.1, 0.15) is 30.9 Å².